The highest BCUT2D eigenvalue weighted by Crippen LogP contribution is 2.22. The molecule has 0 heterocycles. The van der Waals surface area contributed by atoms with Crippen LogP contribution in [0.5, 0.6) is 11.5 Å². The summed E-state index contributed by atoms with van der Waals surface area (Å²) in [4.78, 5) is 12.8. The average molecular weight is 405 g/mol. The Labute approximate surface area is 178 Å². The van der Waals surface area contributed by atoms with Crippen LogP contribution in [0, 0.1) is 0 Å². The van der Waals surface area contributed by atoms with Gasteiger partial charge in [0.2, 0.25) is 5.91 Å². The van der Waals surface area contributed by atoms with Gasteiger partial charge in [-0.3, -0.25) is 4.79 Å². The zero-order chi connectivity index (χ0) is 21.2. The fourth-order valence-electron chi connectivity index (χ4n) is 3.13. The minimum atomic E-state index is -0.348. The van der Waals surface area contributed by atoms with E-state index in [0.29, 0.717) is 13.2 Å². The first-order chi connectivity index (χ1) is 14.7. The fraction of sp³-hybridized carbons (Fsp3) is 0.240. The van der Waals surface area contributed by atoms with Gasteiger partial charge in [-0.1, -0.05) is 60.7 Å². The van der Waals surface area contributed by atoms with Gasteiger partial charge >= 0.3 is 0 Å². The molecule has 0 aliphatic rings. The standard InChI is InChI=1S/C25H28N2O3/c1-19(26-17-18-30-23-15-13-22(29-2)14-16-23)25(28)27-24(20-9-5-3-6-10-20)21-11-7-4-8-12-21/h3-16,19,24,26H,17-18H2,1-2H3,(H,27,28). The SMILES string of the molecule is COc1ccc(OCCNC(C)C(=O)NC(c2ccccc2)c2ccccc2)cc1. The third kappa shape index (κ3) is 6.09. The third-order valence-electron chi connectivity index (χ3n) is 4.83. The van der Waals surface area contributed by atoms with Gasteiger partial charge in [-0.2, -0.15) is 0 Å². The van der Waals surface area contributed by atoms with Crippen LogP contribution in [0.2, 0.25) is 0 Å². The molecule has 1 atom stereocenters. The Morgan fingerprint density at radius 2 is 1.37 bits per heavy atom. The van der Waals surface area contributed by atoms with Crippen molar-refractivity contribution in [3.05, 3.63) is 96.1 Å². The second-order valence-corrected chi connectivity index (χ2v) is 6.96. The Balaban J connectivity index is 1.52. The van der Waals surface area contributed by atoms with Crippen molar-refractivity contribution in [2.75, 3.05) is 20.3 Å². The van der Waals surface area contributed by atoms with Gasteiger partial charge in [-0.15, -0.1) is 0 Å². The molecule has 1 amide bonds. The predicted octanol–water partition coefficient (Wildman–Crippen LogP) is 3.96. The van der Waals surface area contributed by atoms with Gasteiger partial charge in [-0.25, -0.2) is 0 Å². The molecule has 0 fully saturated rings. The minimum absolute atomic E-state index is 0.0582. The Morgan fingerprint density at radius 1 is 0.833 bits per heavy atom. The zero-order valence-corrected chi connectivity index (χ0v) is 17.4. The van der Waals surface area contributed by atoms with Crippen molar-refractivity contribution in [2.45, 2.75) is 19.0 Å². The van der Waals surface area contributed by atoms with Crippen LogP contribution in [0.3, 0.4) is 0 Å². The smallest absolute Gasteiger partial charge is 0.237 e. The first-order valence-electron chi connectivity index (χ1n) is 10.1. The van der Waals surface area contributed by atoms with E-state index >= 15 is 0 Å². The number of methoxy groups -OCH3 is 1. The van der Waals surface area contributed by atoms with Crippen molar-refractivity contribution in [1.82, 2.24) is 10.6 Å². The number of ether oxygens (including phenoxy) is 2. The maximum absolute atomic E-state index is 12.8. The van der Waals surface area contributed by atoms with E-state index in [-0.39, 0.29) is 18.0 Å². The summed E-state index contributed by atoms with van der Waals surface area (Å²) in [6.45, 7) is 2.88. The van der Waals surface area contributed by atoms with E-state index in [0.717, 1.165) is 22.6 Å². The van der Waals surface area contributed by atoms with Crippen molar-refractivity contribution >= 4 is 5.91 Å². The van der Waals surface area contributed by atoms with E-state index in [1.807, 2.05) is 91.9 Å². The lowest BCUT2D eigenvalue weighted by atomic mass is 9.98. The number of rotatable bonds is 10. The van der Waals surface area contributed by atoms with Crippen LogP contribution in [0.1, 0.15) is 24.1 Å². The molecule has 156 valence electrons. The van der Waals surface area contributed by atoms with E-state index < -0.39 is 0 Å². The van der Waals surface area contributed by atoms with Crippen LogP contribution in [0.4, 0.5) is 0 Å². The van der Waals surface area contributed by atoms with E-state index in [9.17, 15) is 4.79 Å². The molecule has 0 aromatic heterocycles. The Bertz CT molecular complexity index is 859. The van der Waals surface area contributed by atoms with E-state index in [4.69, 9.17) is 9.47 Å². The van der Waals surface area contributed by atoms with Crippen LogP contribution in [-0.2, 0) is 4.79 Å². The zero-order valence-electron chi connectivity index (χ0n) is 17.4. The molecular formula is C25H28N2O3. The van der Waals surface area contributed by atoms with E-state index in [2.05, 4.69) is 10.6 Å². The summed E-state index contributed by atoms with van der Waals surface area (Å²) in [6.07, 6.45) is 0. The highest BCUT2D eigenvalue weighted by Gasteiger charge is 2.20. The van der Waals surface area contributed by atoms with Gasteiger partial charge in [0.25, 0.3) is 0 Å². The number of amides is 1. The summed E-state index contributed by atoms with van der Waals surface area (Å²) in [6, 6.07) is 26.9. The molecule has 3 aromatic rings. The Kier molecular flexibility index (Phi) is 7.86. The molecule has 0 aliphatic carbocycles. The van der Waals surface area contributed by atoms with Crippen LogP contribution < -0.4 is 20.1 Å². The van der Waals surface area contributed by atoms with Crippen LogP contribution in [-0.4, -0.2) is 32.2 Å². The lowest BCUT2D eigenvalue weighted by Crippen LogP contribution is -2.44. The lowest BCUT2D eigenvalue weighted by Gasteiger charge is -2.22. The number of benzene rings is 3. The summed E-state index contributed by atoms with van der Waals surface area (Å²) in [5.41, 5.74) is 2.10. The largest absolute Gasteiger partial charge is 0.497 e. The van der Waals surface area contributed by atoms with E-state index in [1.165, 1.54) is 0 Å². The molecule has 2 N–H and O–H groups in total. The van der Waals surface area contributed by atoms with Crippen LogP contribution in [0.15, 0.2) is 84.9 Å². The van der Waals surface area contributed by atoms with Crippen LogP contribution in [0.25, 0.3) is 0 Å². The second kappa shape index (κ2) is 11.0. The normalized spacial score (nSPS) is 11.7. The fourth-order valence-corrected chi connectivity index (χ4v) is 3.13. The van der Waals surface area contributed by atoms with Gasteiger partial charge in [0.05, 0.1) is 19.2 Å². The number of hydrogen-bond donors (Lipinski definition) is 2. The van der Waals surface area contributed by atoms with Crippen molar-refractivity contribution < 1.29 is 14.3 Å². The maximum Gasteiger partial charge on any atom is 0.237 e. The summed E-state index contributed by atoms with van der Waals surface area (Å²) in [7, 11) is 1.63. The monoisotopic (exact) mass is 404 g/mol. The molecule has 1 unspecified atom stereocenters. The molecule has 0 radical (unpaired) electrons. The number of hydrogen-bond acceptors (Lipinski definition) is 4. The van der Waals surface area contributed by atoms with Crippen molar-refractivity contribution in [1.29, 1.82) is 0 Å². The van der Waals surface area contributed by atoms with Crippen molar-refractivity contribution in [2.24, 2.45) is 0 Å². The molecule has 3 rings (SSSR count). The van der Waals surface area contributed by atoms with Gasteiger partial charge in [0, 0.05) is 6.54 Å². The van der Waals surface area contributed by atoms with Crippen molar-refractivity contribution in [3.8, 4) is 11.5 Å². The summed E-state index contributed by atoms with van der Waals surface area (Å²) >= 11 is 0. The molecule has 0 bridgehead atoms. The van der Waals surface area contributed by atoms with Crippen LogP contribution >= 0.6 is 0 Å². The average Bonchev–Trinajstić information content (AvgIpc) is 2.81. The first kappa shape index (κ1) is 21.4. The molecule has 5 nitrogen and oxygen atoms in total. The molecular weight excluding hydrogens is 376 g/mol. The third-order valence-corrected chi connectivity index (χ3v) is 4.83. The Hall–Kier alpha value is -3.31. The number of nitrogens with one attached hydrogen (secondary N) is 2. The molecule has 0 saturated carbocycles. The topological polar surface area (TPSA) is 59.6 Å². The van der Waals surface area contributed by atoms with Gasteiger partial charge in [0.15, 0.2) is 0 Å². The summed E-state index contributed by atoms with van der Waals surface area (Å²) in [5.74, 6) is 1.50. The molecule has 3 aromatic carbocycles. The van der Waals surface area contributed by atoms with E-state index in [1.54, 1.807) is 7.11 Å². The minimum Gasteiger partial charge on any atom is -0.497 e. The summed E-state index contributed by atoms with van der Waals surface area (Å²) in [5, 5.41) is 6.39. The number of carbonyl (C=O) groups is 1. The number of carbonyl (C=O) groups excluding carboxylic acids is 1. The molecule has 0 saturated heterocycles. The highest BCUT2D eigenvalue weighted by molar-refractivity contribution is 5.82. The molecule has 0 aliphatic heterocycles. The lowest BCUT2D eigenvalue weighted by molar-refractivity contribution is -0.123. The van der Waals surface area contributed by atoms with Gasteiger partial charge < -0.3 is 20.1 Å². The second-order valence-electron chi connectivity index (χ2n) is 6.96. The van der Waals surface area contributed by atoms with Crippen molar-refractivity contribution in [3.63, 3.8) is 0 Å². The van der Waals surface area contributed by atoms with Gasteiger partial charge in [0.1, 0.15) is 18.1 Å². The quantitative estimate of drug-likeness (QED) is 0.502. The summed E-state index contributed by atoms with van der Waals surface area (Å²) < 4.78 is 10.8. The Morgan fingerprint density at radius 3 is 1.90 bits per heavy atom. The predicted molar refractivity (Wildman–Crippen MR) is 119 cm³/mol. The molecule has 30 heavy (non-hydrogen) atoms. The first-order valence-corrected chi connectivity index (χ1v) is 10.1. The molecule has 0 spiro atoms. The van der Waals surface area contributed by atoms with Gasteiger partial charge in [-0.05, 0) is 42.3 Å². The maximum atomic E-state index is 12.8. The highest BCUT2D eigenvalue weighted by atomic mass is 16.5. The molecule has 5 heteroatoms.